The van der Waals surface area contributed by atoms with Gasteiger partial charge in [0.05, 0.1) is 11.3 Å². The van der Waals surface area contributed by atoms with E-state index < -0.39 is 0 Å². The maximum atomic E-state index is 8.56. The first kappa shape index (κ1) is 15.7. The molecule has 0 bridgehead atoms. The summed E-state index contributed by atoms with van der Waals surface area (Å²) in [5, 5.41) is 11.8. The van der Waals surface area contributed by atoms with Crippen molar-refractivity contribution in [2.45, 2.75) is 26.8 Å². The van der Waals surface area contributed by atoms with Crippen LogP contribution in [-0.2, 0) is 0 Å². The van der Waals surface area contributed by atoms with Crippen LogP contribution in [-0.4, -0.2) is 26.7 Å². The molecule has 8 heteroatoms. The Kier molecular flexibility index (Phi) is 3.80. The van der Waals surface area contributed by atoms with E-state index in [0.29, 0.717) is 33.9 Å². The maximum Gasteiger partial charge on any atom is 0.292 e. The highest BCUT2D eigenvalue weighted by molar-refractivity contribution is 6.17. The predicted octanol–water partition coefficient (Wildman–Crippen LogP) is 2.33. The van der Waals surface area contributed by atoms with Crippen molar-refractivity contribution in [1.29, 1.82) is 5.41 Å². The summed E-state index contributed by atoms with van der Waals surface area (Å²) in [5.74, 6) is 1.35. The Balaban J connectivity index is 2.10. The van der Waals surface area contributed by atoms with E-state index in [9.17, 15) is 0 Å². The van der Waals surface area contributed by atoms with E-state index in [0.717, 1.165) is 0 Å². The number of fused-ring (bicyclic) bond motifs is 1. The first-order valence-electron chi connectivity index (χ1n) is 7.51. The van der Waals surface area contributed by atoms with Gasteiger partial charge in [0, 0.05) is 11.6 Å². The van der Waals surface area contributed by atoms with E-state index in [1.54, 1.807) is 25.1 Å². The minimum atomic E-state index is 0.0917. The van der Waals surface area contributed by atoms with Gasteiger partial charge in [-0.05, 0) is 39.0 Å². The molecule has 2 heterocycles. The fourth-order valence-electron chi connectivity index (χ4n) is 2.46. The minimum Gasteiger partial charge on any atom is -0.424 e. The molecule has 0 radical (unpaired) electrons. The van der Waals surface area contributed by atoms with Crippen molar-refractivity contribution in [3.63, 3.8) is 0 Å². The monoisotopic (exact) mass is 325 g/mol. The molecule has 0 aliphatic rings. The Morgan fingerprint density at radius 2 is 1.96 bits per heavy atom. The smallest absolute Gasteiger partial charge is 0.292 e. The summed E-state index contributed by atoms with van der Waals surface area (Å²) >= 11 is 0. The fraction of sp³-hybridized carbons (Fsp3) is 0.250. The van der Waals surface area contributed by atoms with Crippen molar-refractivity contribution >= 4 is 34.5 Å². The number of anilines is 3. The van der Waals surface area contributed by atoms with Gasteiger partial charge >= 0.3 is 0 Å². The zero-order valence-electron chi connectivity index (χ0n) is 13.7. The topological polar surface area (TPSA) is 140 Å². The number of hydrogen-bond donors (Lipinski definition) is 4. The molecule has 6 N–H and O–H groups in total. The van der Waals surface area contributed by atoms with Crippen LogP contribution in [0, 0.1) is 12.3 Å². The zero-order valence-corrected chi connectivity index (χ0v) is 13.7. The number of nitrogens with two attached hydrogens (primary N) is 2. The van der Waals surface area contributed by atoms with Crippen LogP contribution in [0.2, 0.25) is 0 Å². The lowest BCUT2D eigenvalue weighted by atomic mass is 10.0. The highest BCUT2D eigenvalue weighted by Gasteiger charge is 2.19. The molecule has 0 amide bonds. The van der Waals surface area contributed by atoms with Crippen LogP contribution in [0.3, 0.4) is 0 Å². The van der Waals surface area contributed by atoms with E-state index in [2.05, 4.69) is 20.3 Å². The molecule has 0 aliphatic heterocycles. The summed E-state index contributed by atoms with van der Waals surface area (Å²) in [5.41, 5.74) is 14.1. The first-order chi connectivity index (χ1) is 11.3. The number of aryl methyl sites for hydroxylation is 1. The second-order valence-electron chi connectivity index (χ2n) is 5.79. The van der Waals surface area contributed by atoms with E-state index in [1.807, 2.05) is 13.8 Å². The number of benzene rings is 1. The largest absolute Gasteiger partial charge is 0.424 e. The summed E-state index contributed by atoms with van der Waals surface area (Å²) in [7, 11) is 0. The maximum absolute atomic E-state index is 8.56. The zero-order chi connectivity index (χ0) is 17.4. The van der Waals surface area contributed by atoms with Crippen LogP contribution in [0.1, 0.15) is 30.8 Å². The summed E-state index contributed by atoms with van der Waals surface area (Å²) < 4.78 is 5.26. The van der Waals surface area contributed by atoms with Crippen LogP contribution < -0.4 is 16.8 Å². The molecule has 0 unspecified atom stereocenters. The highest BCUT2D eigenvalue weighted by atomic mass is 16.4. The molecule has 0 spiro atoms. The predicted molar refractivity (Wildman–Crippen MR) is 94.3 cm³/mol. The van der Waals surface area contributed by atoms with Crippen molar-refractivity contribution < 1.29 is 4.42 Å². The van der Waals surface area contributed by atoms with Gasteiger partial charge in [0.1, 0.15) is 23.0 Å². The minimum absolute atomic E-state index is 0.0917. The van der Waals surface area contributed by atoms with Gasteiger partial charge in [-0.3, -0.25) is 5.41 Å². The molecule has 24 heavy (non-hydrogen) atoms. The first-order valence-corrected chi connectivity index (χ1v) is 7.51. The number of nitrogen functional groups attached to an aromatic ring is 2. The fourth-order valence-corrected chi connectivity index (χ4v) is 2.46. The van der Waals surface area contributed by atoms with Crippen molar-refractivity contribution in [2.24, 2.45) is 0 Å². The van der Waals surface area contributed by atoms with Gasteiger partial charge in [-0.25, -0.2) is 9.97 Å². The van der Waals surface area contributed by atoms with Crippen LogP contribution in [0.15, 0.2) is 22.6 Å². The van der Waals surface area contributed by atoms with Gasteiger partial charge in [0.25, 0.3) is 6.01 Å². The van der Waals surface area contributed by atoms with Crippen LogP contribution in [0.4, 0.5) is 17.7 Å². The quantitative estimate of drug-likeness (QED) is 0.539. The molecule has 0 fully saturated rings. The SMILES string of the molecule is Cc1nc(N)c(C(=N)c2ccc3oc(N)nc3c2)c(NC(C)C)n1. The standard InChI is InChI=1S/C16H19N7O/c1-7(2)20-15-12(14(18)21-8(3)22-15)13(17)9-4-5-11-10(6-9)23-16(19)24-11/h4-7,17H,1-3H3,(H2,19,23)(H3,18,20,21,22). The molecular formula is C16H19N7O. The Labute approximate surface area is 138 Å². The van der Waals surface area contributed by atoms with Crippen molar-refractivity contribution in [2.75, 3.05) is 16.8 Å². The van der Waals surface area contributed by atoms with Gasteiger partial charge in [0.15, 0.2) is 5.58 Å². The van der Waals surface area contributed by atoms with Crippen molar-refractivity contribution in [3.8, 4) is 0 Å². The third-order valence-corrected chi connectivity index (χ3v) is 3.42. The second kappa shape index (κ2) is 5.80. The third kappa shape index (κ3) is 2.85. The molecule has 0 saturated carbocycles. The lowest BCUT2D eigenvalue weighted by molar-refractivity contribution is 0.626. The molecule has 3 aromatic rings. The van der Waals surface area contributed by atoms with E-state index in [-0.39, 0.29) is 23.6 Å². The number of nitrogens with one attached hydrogen (secondary N) is 2. The average Bonchev–Trinajstić information content (AvgIpc) is 2.84. The number of nitrogens with zero attached hydrogens (tertiary/aromatic N) is 3. The highest BCUT2D eigenvalue weighted by Crippen LogP contribution is 2.25. The molecular weight excluding hydrogens is 306 g/mol. The summed E-state index contributed by atoms with van der Waals surface area (Å²) in [6, 6.07) is 5.45. The molecule has 0 aliphatic carbocycles. The number of rotatable bonds is 4. The van der Waals surface area contributed by atoms with Gasteiger partial charge in [0.2, 0.25) is 0 Å². The molecule has 0 atom stereocenters. The van der Waals surface area contributed by atoms with Gasteiger partial charge < -0.3 is 21.2 Å². The molecule has 1 aromatic carbocycles. The molecule has 2 aromatic heterocycles. The van der Waals surface area contributed by atoms with Crippen LogP contribution in [0.5, 0.6) is 0 Å². The normalized spacial score (nSPS) is 11.2. The van der Waals surface area contributed by atoms with Crippen molar-refractivity contribution in [1.82, 2.24) is 15.0 Å². The lowest BCUT2D eigenvalue weighted by Crippen LogP contribution is -2.18. The van der Waals surface area contributed by atoms with Gasteiger partial charge in [-0.1, -0.05) is 0 Å². The van der Waals surface area contributed by atoms with Crippen LogP contribution in [0.25, 0.3) is 11.1 Å². The van der Waals surface area contributed by atoms with E-state index in [1.165, 1.54) is 0 Å². The molecule has 8 nitrogen and oxygen atoms in total. The van der Waals surface area contributed by atoms with E-state index in [4.69, 9.17) is 21.3 Å². The summed E-state index contributed by atoms with van der Waals surface area (Å²) in [6.45, 7) is 5.75. The van der Waals surface area contributed by atoms with Crippen molar-refractivity contribution in [3.05, 3.63) is 35.2 Å². The third-order valence-electron chi connectivity index (χ3n) is 3.42. The Bertz CT molecular complexity index is 930. The second-order valence-corrected chi connectivity index (χ2v) is 5.79. The number of oxazole rings is 1. The Morgan fingerprint density at radius 1 is 1.21 bits per heavy atom. The Hall–Kier alpha value is -3.16. The molecule has 0 saturated heterocycles. The number of hydrogen-bond acceptors (Lipinski definition) is 8. The molecule has 3 rings (SSSR count). The average molecular weight is 325 g/mol. The summed E-state index contributed by atoms with van der Waals surface area (Å²) in [6.07, 6.45) is 0. The Morgan fingerprint density at radius 3 is 2.67 bits per heavy atom. The lowest BCUT2D eigenvalue weighted by Gasteiger charge is -2.16. The van der Waals surface area contributed by atoms with Gasteiger partial charge in [-0.2, -0.15) is 4.98 Å². The van der Waals surface area contributed by atoms with Crippen LogP contribution >= 0.6 is 0 Å². The van der Waals surface area contributed by atoms with E-state index >= 15 is 0 Å². The summed E-state index contributed by atoms with van der Waals surface area (Å²) in [4.78, 5) is 12.7. The number of aromatic nitrogens is 3. The molecule has 124 valence electrons. The van der Waals surface area contributed by atoms with Gasteiger partial charge in [-0.15, -0.1) is 0 Å².